The number of nitrogens with zero attached hydrogens (tertiary/aromatic N) is 3. The third-order valence-corrected chi connectivity index (χ3v) is 5.04. The van der Waals surface area contributed by atoms with Crippen molar-refractivity contribution in [2.75, 3.05) is 11.9 Å². The summed E-state index contributed by atoms with van der Waals surface area (Å²) < 4.78 is 2.25. The van der Waals surface area contributed by atoms with E-state index < -0.39 is 0 Å². The quantitative estimate of drug-likeness (QED) is 0.251. The van der Waals surface area contributed by atoms with Gasteiger partial charge in [0.1, 0.15) is 5.82 Å². The molecule has 5 nitrogen and oxygen atoms in total. The maximum atomic E-state index is 6.05. The number of nitrogens with two attached hydrogens (primary N) is 1. The largest absolute Gasteiger partial charge is 0.370 e. The van der Waals surface area contributed by atoms with Gasteiger partial charge in [0.2, 0.25) is 0 Å². The first-order valence-electron chi connectivity index (χ1n) is 9.31. The summed E-state index contributed by atoms with van der Waals surface area (Å²) in [7, 11) is 0. The molecule has 1 heterocycles. The Labute approximate surface area is 177 Å². The van der Waals surface area contributed by atoms with E-state index in [0.29, 0.717) is 12.5 Å². The molecule has 0 fully saturated rings. The van der Waals surface area contributed by atoms with E-state index >= 15 is 0 Å². The van der Waals surface area contributed by atoms with E-state index in [-0.39, 0.29) is 24.0 Å². The third kappa shape index (κ3) is 4.43. The van der Waals surface area contributed by atoms with E-state index in [2.05, 4.69) is 56.3 Å². The average Bonchev–Trinajstić information content (AvgIpc) is 3.22. The van der Waals surface area contributed by atoms with Crippen LogP contribution < -0.4 is 11.1 Å². The number of anilines is 1. The lowest BCUT2D eigenvalue weighted by Crippen LogP contribution is -2.23. The van der Waals surface area contributed by atoms with Crippen LogP contribution in [-0.4, -0.2) is 22.1 Å². The van der Waals surface area contributed by atoms with Gasteiger partial charge in [0.25, 0.3) is 0 Å². The van der Waals surface area contributed by atoms with E-state index in [1.165, 1.54) is 35.9 Å². The van der Waals surface area contributed by atoms with Gasteiger partial charge in [0.05, 0.1) is 11.0 Å². The SMILES string of the molecule is Cc1nc2ccccc2n1CCCN=C(N)Nc1ccc2c(c1)CCC2.I. The summed E-state index contributed by atoms with van der Waals surface area (Å²) in [4.78, 5) is 9.07. The minimum absolute atomic E-state index is 0. The third-order valence-electron chi connectivity index (χ3n) is 5.04. The highest BCUT2D eigenvalue weighted by Gasteiger charge is 2.11. The van der Waals surface area contributed by atoms with Gasteiger partial charge in [0.15, 0.2) is 5.96 Å². The highest BCUT2D eigenvalue weighted by molar-refractivity contribution is 14.0. The number of rotatable bonds is 5. The van der Waals surface area contributed by atoms with Crippen molar-refractivity contribution >= 4 is 46.7 Å². The van der Waals surface area contributed by atoms with Crippen molar-refractivity contribution in [1.29, 1.82) is 0 Å². The Kier molecular flexibility index (Phi) is 6.36. The summed E-state index contributed by atoms with van der Waals surface area (Å²) in [5.74, 6) is 1.52. The first kappa shape index (κ1) is 19.7. The molecule has 2 aromatic carbocycles. The van der Waals surface area contributed by atoms with E-state index in [1.54, 1.807) is 0 Å². The van der Waals surface area contributed by atoms with Crippen molar-refractivity contribution < 1.29 is 0 Å². The molecule has 1 aromatic heterocycles. The van der Waals surface area contributed by atoms with Crippen LogP contribution in [0.15, 0.2) is 47.5 Å². The van der Waals surface area contributed by atoms with Gasteiger partial charge in [-0.2, -0.15) is 0 Å². The van der Waals surface area contributed by atoms with Crippen molar-refractivity contribution in [2.24, 2.45) is 10.7 Å². The molecule has 0 saturated heterocycles. The first-order chi connectivity index (χ1) is 12.7. The Morgan fingerprint density at radius 2 is 2.00 bits per heavy atom. The molecule has 3 aromatic rings. The molecule has 0 unspecified atom stereocenters. The molecule has 0 amide bonds. The lowest BCUT2D eigenvalue weighted by molar-refractivity contribution is 0.649. The van der Waals surface area contributed by atoms with Crippen LogP contribution in [0.3, 0.4) is 0 Å². The fraction of sp³-hybridized carbons (Fsp3) is 0.333. The number of aliphatic imine (C=N–C) groups is 1. The Morgan fingerprint density at radius 3 is 2.89 bits per heavy atom. The zero-order chi connectivity index (χ0) is 17.9. The number of nitrogens with one attached hydrogen (secondary N) is 1. The number of hydrogen-bond acceptors (Lipinski definition) is 2. The van der Waals surface area contributed by atoms with Gasteiger partial charge < -0.3 is 15.6 Å². The van der Waals surface area contributed by atoms with Gasteiger partial charge in [-0.25, -0.2) is 4.98 Å². The summed E-state index contributed by atoms with van der Waals surface area (Å²) in [6.07, 6.45) is 4.54. The lowest BCUT2D eigenvalue weighted by Gasteiger charge is -2.08. The number of benzene rings is 2. The molecule has 4 rings (SSSR count). The molecule has 3 N–H and O–H groups in total. The van der Waals surface area contributed by atoms with E-state index in [1.807, 2.05) is 13.0 Å². The number of para-hydroxylation sites is 2. The molecule has 0 radical (unpaired) electrons. The maximum absolute atomic E-state index is 6.05. The highest BCUT2D eigenvalue weighted by atomic mass is 127. The molecular weight excluding hydrogens is 449 g/mol. The topological polar surface area (TPSA) is 68.2 Å². The van der Waals surface area contributed by atoms with Crippen LogP contribution in [0, 0.1) is 6.92 Å². The normalized spacial score (nSPS) is 13.4. The number of fused-ring (bicyclic) bond motifs is 2. The summed E-state index contributed by atoms with van der Waals surface area (Å²) in [5.41, 5.74) is 12.2. The number of halogens is 1. The molecule has 0 saturated carbocycles. The van der Waals surface area contributed by atoms with Crippen LogP contribution in [0.4, 0.5) is 5.69 Å². The zero-order valence-corrected chi connectivity index (χ0v) is 17.9. The van der Waals surface area contributed by atoms with E-state index in [0.717, 1.165) is 30.0 Å². The molecule has 0 bridgehead atoms. The fourth-order valence-corrected chi connectivity index (χ4v) is 3.74. The summed E-state index contributed by atoms with van der Waals surface area (Å²) >= 11 is 0. The number of guanidine groups is 1. The molecular formula is C21H26IN5. The molecule has 6 heteroatoms. The minimum atomic E-state index is 0. The second kappa shape index (κ2) is 8.73. The summed E-state index contributed by atoms with van der Waals surface area (Å²) in [6, 6.07) is 14.7. The summed E-state index contributed by atoms with van der Waals surface area (Å²) in [6.45, 7) is 3.63. The van der Waals surface area contributed by atoms with Crippen molar-refractivity contribution in [3.8, 4) is 0 Å². The van der Waals surface area contributed by atoms with Crippen LogP contribution in [-0.2, 0) is 19.4 Å². The first-order valence-corrected chi connectivity index (χ1v) is 9.31. The smallest absolute Gasteiger partial charge is 0.193 e. The van der Waals surface area contributed by atoms with Crippen LogP contribution in [0.25, 0.3) is 11.0 Å². The number of hydrogen-bond donors (Lipinski definition) is 2. The molecule has 0 atom stereocenters. The Hall–Kier alpha value is -2.09. The van der Waals surface area contributed by atoms with Crippen molar-refractivity contribution in [3.63, 3.8) is 0 Å². The van der Waals surface area contributed by atoms with Crippen molar-refractivity contribution in [1.82, 2.24) is 9.55 Å². The molecule has 142 valence electrons. The minimum Gasteiger partial charge on any atom is -0.370 e. The predicted molar refractivity (Wildman–Crippen MR) is 123 cm³/mol. The second-order valence-corrected chi connectivity index (χ2v) is 6.88. The Morgan fingerprint density at radius 1 is 1.19 bits per heavy atom. The van der Waals surface area contributed by atoms with Gasteiger partial charge >= 0.3 is 0 Å². The summed E-state index contributed by atoms with van der Waals surface area (Å²) in [5, 5.41) is 3.21. The highest BCUT2D eigenvalue weighted by Crippen LogP contribution is 2.24. The molecule has 1 aliphatic carbocycles. The molecule has 1 aliphatic rings. The van der Waals surface area contributed by atoms with Crippen LogP contribution in [0.1, 0.15) is 29.8 Å². The molecule has 27 heavy (non-hydrogen) atoms. The van der Waals surface area contributed by atoms with Gasteiger partial charge in [-0.1, -0.05) is 18.2 Å². The number of aromatic nitrogens is 2. The second-order valence-electron chi connectivity index (χ2n) is 6.88. The van der Waals surface area contributed by atoms with Crippen molar-refractivity contribution in [3.05, 3.63) is 59.4 Å². The maximum Gasteiger partial charge on any atom is 0.193 e. The zero-order valence-electron chi connectivity index (χ0n) is 15.6. The Bertz CT molecular complexity index is 960. The fourth-order valence-electron chi connectivity index (χ4n) is 3.74. The van der Waals surface area contributed by atoms with Crippen LogP contribution in [0.5, 0.6) is 0 Å². The predicted octanol–water partition coefficient (Wildman–Crippen LogP) is 4.27. The average molecular weight is 475 g/mol. The van der Waals surface area contributed by atoms with E-state index in [4.69, 9.17) is 5.73 Å². The van der Waals surface area contributed by atoms with E-state index in [9.17, 15) is 0 Å². The monoisotopic (exact) mass is 475 g/mol. The van der Waals surface area contributed by atoms with Crippen LogP contribution in [0.2, 0.25) is 0 Å². The van der Waals surface area contributed by atoms with Crippen LogP contribution >= 0.6 is 24.0 Å². The molecule has 0 spiro atoms. The number of aryl methyl sites for hydroxylation is 4. The molecule has 0 aliphatic heterocycles. The van der Waals surface area contributed by atoms with Gasteiger partial charge in [-0.15, -0.1) is 24.0 Å². The lowest BCUT2D eigenvalue weighted by atomic mass is 10.1. The van der Waals surface area contributed by atoms with Gasteiger partial charge in [-0.05, 0) is 68.0 Å². The van der Waals surface area contributed by atoms with Crippen molar-refractivity contribution in [2.45, 2.75) is 39.2 Å². The van der Waals surface area contributed by atoms with Gasteiger partial charge in [-0.3, -0.25) is 4.99 Å². The standard InChI is InChI=1S/C21H25N5.HI/c1-15-24-19-8-2-3-9-20(19)26(15)13-5-12-23-21(22)25-18-11-10-16-6-4-7-17(16)14-18;/h2-3,8-11,14H,4-7,12-13H2,1H3,(H3,22,23,25);1H. The Balaban J connectivity index is 0.00000210. The van der Waals surface area contributed by atoms with Gasteiger partial charge in [0, 0.05) is 18.8 Å². The number of imidazole rings is 1.